The first-order valence-corrected chi connectivity index (χ1v) is 19.8. The summed E-state index contributed by atoms with van der Waals surface area (Å²) in [6.07, 6.45) is 25.2. The summed E-state index contributed by atoms with van der Waals surface area (Å²) in [6.45, 7) is 16.9. The quantitative estimate of drug-likeness (QED) is 0.264. The summed E-state index contributed by atoms with van der Waals surface area (Å²) in [5, 5.41) is 9.58. The molecule has 9 atom stereocenters. The molecule has 0 aromatic carbocycles. The number of fused-ring (bicyclic) bond motifs is 7. The lowest BCUT2D eigenvalue weighted by molar-refractivity contribution is -0.249. The van der Waals surface area contributed by atoms with E-state index in [9.17, 15) is 14.7 Å². The molecule has 6 aliphatic rings. The molecule has 5 saturated carbocycles. The van der Waals surface area contributed by atoms with Crippen LogP contribution in [-0.2, 0) is 19.1 Å². The number of ether oxygens (including phenoxy) is 2. The standard InChI is InChI=1S/C42H68O5/c1-37(2,36(44)45)28-35(43)47-34-20-22-39(5)32(38(34,3)4)19-23-41(7)33(39)18-17-30-31-16-13-21-42(31,25-24-40(30,41)6)26-27-46-29-14-11-9-8-10-12-15-29/h14,30-34H,8-13,15-28H2,1-7H3,(H,44,45)/b29-14+/t30-,31-,32?,33?,34+,39+,40-,41-,42-/m1/s1. The van der Waals surface area contributed by atoms with E-state index in [1.54, 1.807) is 13.8 Å². The summed E-state index contributed by atoms with van der Waals surface area (Å²) in [4.78, 5) is 24.7. The largest absolute Gasteiger partial charge is 0.498 e. The molecule has 5 nitrogen and oxygen atoms in total. The molecular formula is C42H68O5. The Morgan fingerprint density at radius 2 is 1.57 bits per heavy atom. The summed E-state index contributed by atoms with van der Waals surface area (Å²) >= 11 is 0. The Balaban J connectivity index is 1.16. The summed E-state index contributed by atoms with van der Waals surface area (Å²) in [5.74, 6) is 2.84. The van der Waals surface area contributed by atoms with Crippen LogP contribution in [0.5, 0.6) is 0 Å². The molecule has 5 heteroatoms. The van der Waals surface area contributed by atoms with Crippen molar-refractivity contribution in [3.8, 4) is 0 Å². The third kappa shape index (κ3) is 5.92. The van der Waals surface area contributed by atoms with Crippen molar-refractivity contribution in [1.29, 1.82) is 0 Å². The second kappa shape index (κ2) is 12.7. The Morgan fingerprint density at radius 3 is 2.34 bits per heavy atom. The maximum Gasteiger partial charge on any atom is 0.309 e. The predicted molar refractivity (Wildman–Crippen MR) is 188 cm³/mol. The van der Waals surface area contributed by atoms with Gasteiger partial charge in [0.25, 0.3) is 0 Å². The van der Waals surface area contributed by atoms with E-state index in [2.05, 4.69) is 40.7 Å². The molecule has 47 heavy (non-hydrogen) atoms. The second-order valence-electron chi connectivity index (χ2n) is 19.5. The highest BCUT2D eigenvalue weighted by Gasteiger charge is 2.70. The lowest BCUT2D eigenvalue weighted by Gasteiger charge is -2.72. The van der Waals surface area contributed by atoms with Gasteiger partial charge in [-0.3, -0.25) is 9.59 Å². The zero-order valence-electron chi connectivity index (χ0n) is 31.2. The normalized spacial score (nSPS) is 44.2. The van der Waals surface area contributed by atoms with Crippen molar-refractivity contribution in [1.82, 2.24) is 0 Å². The topological polar surface area (TPSA) is 72.8 Å². The first-order chi connectivity index (χ1) is 22.1. The molecule has 0 aliphatic heterocycles. The van der Waals surface area contributed by atoms with Gasteiger partial charge in [0.2, 0.25) is 0 Å². The number of rotatable bonds is 8. The average molecular weight is 653 g/mol. The second-order valence-corrected chi connectivity index (χ2v) is 19.5. The van der Waals surface area contributed by atoms with Crippen molar-refractivity contribution >= 4 is 11.9 Å². The van der Waals surface area contributed by atoms with Crippen molar-refractivity contribution < 1.29 is 24.2 Å². The molecule has 0 aromatic heterocycles. The van der Waals surface area contributed by atoms with Crippen LogP contribution in [-0.4, -0.2) is 29.8 Å². The molecule has 0 spiro atoms. The molecule has 0 saturated heterocycles. The van der Waals surface area contributed by atoms with Gasteiger partial charge in [-0.1, -0.05) is 53.9 Å². The molecule has 6 aliphatic carbocycles. The first kappa shape index (κ1) is 35.3. The van der Waals surface area contributed by atoms with E-state index in [-0.39, 0.29) is 29.3 Å². The third-order valence-electron chi connectivity index (χ3n) is 16.6. The number of allylic oxidation sites excluding steroid dienone is 2. The molecular weight excluding hydrogens is 584 g/mol. The number of carboxylic acid groups (broad SMARTS) is 1. The number of carboxylic acids is 1. The van der Waals surface area contributed by atoms with Crippen LogP contribution in [0.15, 0.2) is 11.8 Å². The summed E-state index contributed by atoms with van der Waals surface area (Å²) in [7, 11) is 0. The van der Waals surface area contributed by atoms with E-state index in [0.717, 1.165) is 37.7 Å². The average Bonchev–Trinajstić information content (AvgIpc) is 3.40. The minimum atomic E-state index is -1.11. The lowest BCUT2D eigenvalue weighted by atomic mass is 9.32. The van der Waals surface area contributed by atoms with E-state index in [4.69, 9.17) is 9.47 Å². The first-order valence-electron chi connectivity index (χ1n) is 19.8. The van der Waals surface area contributed by atoms with Crippen molar-refractivity contribution in [2.75, 3.05) is 6.61 Å². The molecule has 2 unspecified atom stereocenters. The van der Waals surface area contributed by atoms with E-state index in [1.165, 1.54) is 102 Å². The predicted octanol–water partition coefficient (Wildman–Crippen LogP) is 10.9. The van der Waals surface area contributed by atoms with Crippen molar-refractivity contribution in [3.05, 3.63) is 11.8 Å². The van der Waals surface area contributed by atoms with Crippen molar-refractivity contribution in [3.63, 3.8) is 0 Å². The van der Waals surface area contributed by atoms with E-state index in [1.807, 2.05) is 0 Å². The van der Waals surface area contributed by atoms with Gasteiger partial charge in [0.15, 0.2) is 0 Å². The Bertz CT molecular complexity index is 1220. The van der Waals surface area contributed by atoms with Gasteiger partial charge >= 0.3 is 11.9 Å². The van der Waals surface area contributed by atoms with Crippen LogP contribution in [0.4, 0.5) is 0 Å². The number of aliphatic carboxylic acids is 1. The Hall–Kier alpha value is -1.52. The summed E-state index contributed by atoms with van der Waals surface area (Å²) < 4.78 is 12.7. The van der Waals surface area contributed by atoms with Crippen LogP contribution >= 0.6 is 0 Å². The molecule has 0 heterocycles. The molecule has 0 radical (unpaired) electrons. The number of hydrogen-bond acceptors (Lipinski definition) is 4. The Morgan fingerprint density at radius 1 is 0.809 bits per heavy atom. The highest BCUT2D eigenvalue weighted by molar-refractivity contribution is 5.81. The van der Waals surface area contributed by atoms with Gasteiger partial charge in [-0.15, -0.1) is 0 Å². The van der Waals surface area contributed by atoms with Gasteiger partial charge in [-0.2, -0.15) is 0 Å². The van der Waals surface area contributed by atoms with E-state index < -0.39 is 11.4 Å². The van der Waals surface area contributed by atoms with E-state index in [0.29, 0.717) is 28.1 Å². The molecule has 266 valence electrons. The fraction of sp³-hybridized carbons (Fsp3) is 0.905. The van der Waals surface area contributed by atoms with Gasteiger partial charge < -0.3 is 14.6 Å². The summed E-state index contributed by atoms with van der Waals surface area (Å²) in [6, 6.07) is 0. The van der Waals surface area contributed by atoms with Gasteiger partial charge in [0.1, 0.15) is 6.10 Å². The van der Waals surface area contributed by atoms with E-state index >= 15 is 0 Å². The third-order valence-corrected chi connectivity index (χ3v) is 16.6. The Labute approximate surface area is 286 Å². The maximum absolute atomic E-state index is 13.0. The minimum Gasteiger partial charge on any atom is -0.498 e. The monoisotopic (exact) mass is 653 g/mol. The highest BCUT2D eigenvalue weighted by Crippen LogP contribution is 2.77. The van der Waals surface area contributed by atoms with Crippen LogP contribution in [0.25, 0.3) is 0 Å². The smallest absolute Gasteiger partial charge is 0.309 e. The molecule has 0 aromatic rings. The van der Waals surface area contributed by atoms with Gasteiger partial charge in [0.05, 0.1) is 24.2 Å². The molecule has 6 rings (SSSR count). The van der Waals surface area contributed by atoms with Gasteiger partial charge in [0, 0.05) is 11.8 Å². The molecule has 1 N–H and O–H groups in total. The zero-order valence-corrected chi connectivity index (χ0v) is 31.2. The fourth-order valence-electron chi connectivity index (χ4n) is 13.6. The van der Waals surface area contributed by atoms with Crippen LogP contribution < -0.4 is 0 Å². The number of esters is 1. The zero-order chi connectivity index (χ0) is 33.9. The van der Waals surface area contributed by atoms with Crippen LogP contribution in [0, 0.1) is 56.2 Å². The lowest BCUT2D eigenvalue weighted by Crippen LogP contribution is -2.66. The maximum atomic E-state index is 13.0. The fourth-order valence-corrected chi connectivity index (χ4v) is 13.6. The molecule has 0 bridgehead atoms. The SMILES string of the molecule is CC(C)(CC(=O)O[C@H]1CC[C@@]2(C)C(CC[C@]3(C)C2CC[C@@H]2[C@H]4CCC[C@]4(CCO/C4=C/CCCCCC4)CC[C@]23C)C1(C)C)C(=O)O. The van der Waals surface area contributed by atoms with Gasteiger partial charge in [-0.05, 0) is 155 Å². The summed E-state index contributed by atoms with van der Waals surface area (Å²) in [5.41, 5.74) is 0.185. The van der Waals surface area contributed by atoms with Crippen LogP contribution in [0.1, 0.15) is 170 Å². The minimum absolute atomic E-state index is 0.0794. The number of carbonyl (C=O) groups is 2. The van der Waals surface area contributed by atoms with Crippen LogP contribution in [0.2, 0.25) is 0 Å². The van der Waals surface area contributed by atoms with Gasteiger partial charge in [-0.25, -0.2) is 0 Å². The number of hydrogen-bond donors (Lipinski definition) is 1. The van der Waals surface area contributed by atoms with Crippen LogP contribution in [0.3, 0.4) is 0 Å². The number of carbonyl (C=O) groups excluding carboxylic acids is 1. The highest BCUT2D eigenvalue weighted by atomic mass is 16.5. The Kier molecular flexibility index (Phi) is 9.52. The molecule has 0 amide bonds. The molecule has 5 fully saturated rings. The van der Waals surface area contributed by atoms with Crippen molar-refractivity contribution in [2.45, 2.75) is 177 Å². The van der Waals surface area contributed by atoms with Crippen molar-refractivity contribution in [2.24, 2.45) is 56.2 Å².